The highest BCUT2D eigenvalue weighted by atomic mass is 14.2. The van der Waals surface area contributed by atoms with E-state index >= 15 is 0 Å². The first kappa shape index (κ1) is 13.0. The first-order valence-corrected chi connectivity index (χ1v) is 6.02. The smallest absolute Gasteiger partial charge is 0.0357 e. The van der Waals surface area contributed by atoms with Crippen LogP contribution < -0.4 is 0 Å². The molecule has 0 nitrogen and oxygen atoms in total. The van der Waals surface area contributed by atoms with Gasteiger partial charge in [-0.15, -0.1) is 0 Å². The van der Waals surface area contributed by atoms with Crippen LogP contribution in [0.3, 0.4) is 0 Å². The van der Waals surface area contributed by atoms with Gasteiger partial charge in [-0.2, -0.15) is 0 Å². The normalized spacial score (nSPS) is 14.5. The highest BCUT2D eigenvalue weighted by Gasteiger charge is 2.13. The molecule has 1 unspecified atom stereocenters. The summed E-state index contributed by atoms with van der Waals surface area (Å²) in [4.78, 5) is 0. The Morgan fingerprint density at radius 2 is 1.69 bits per heavy atom. The molecule has 0 aliphatic carbocycles. The van der Waals surface area contributed by atoms with E-state index in [0.29, 0.717) is 5.41 Å². The molecule has 0 aromatic heterocycles. The van der Waals surface area contributed by atoms with Gasteiger partial charge in [-0.3, -0.25) is 0 Å². The van der Waals surface area contributed by atoms with E-state index in [1.165, 1.54) is 38.5 Å². The van der Waals surface area contributed by atoms with Crippen LogP contribution in [-0.4, -0.2) is 0 Å². The summed E-state index contributed by atoms with van der Waals surface area (Å²) in [6.07, 6.45) is 8.34. The maximum atomic E-state index is 2.39. The van der Waals surface area contributed by atoms with Gasteiger partial charge in [-0.05, 0) is 17.8 Å². The molecule has 0 heterocycles. The minimum Gasteiger partial charge on any atom is -0.0651 e. The van der Waals surface area contributed by atoms with Gasteiger partial charge >= 0.3 is 0 Å². The Balaban J connectivity index is 3.35. The van der Waals surface area contributed by atoms with Gasteiger partial charge in [0.15, 0.2) is 0 Å². The fraction of sp³-hybridized carbons (Fsp3) is 1.00. The van der Waals surface area contributed by atoms with E-state index in [2.05, 4.69) is 34.6 Å². The summed E-state index contributed by atoms with van der Waals surface area (Å²) >= 11 is 0. The molecule has 0 amide bonds. The summed E-state index contributed by atoms with van der Waals surface area (Å²) in [5.41, 5.74) is 0.579. The lowest BCUT2D eigenvalue weighted by atomic mass is 9.84. The summed E-state index contributed by atoms with van der Waals surface area (Å²) in [7, 11) is 0. The standard InChI is InChI=1S/C13H28/c1-6-12(3)10-8-9-11-13(4,5)7-2/h12H,6-11H2,1-5H3. The third kappa shape index (κ3) is 7.10. The number of hydrogen-bond donors (Lipinski definition) is 0. The molecule has 0 rings (SSSR count). The molecule has 0 aliphatic heterocycles. The van der Waals surface area contributed by atoms with Crippen LogP contribution in [0.4, 0.5) is 0 Å². The zero-order valence-corrected chi connectivity index (χ0v) is 10.3. The van der Waals surface area contributed by atoms with Crippen molar-refractivity contribution in [1.29, 1.82) is 0 Å². The minimum absolute atomic E-state index is 0.579. The summed E-state index contributed by atoms with van der Waals surface area (Å²) in [6, 6.07) is 0. The fourth-order valence-corrected chi connectivity index (χ4v) is 1.48. The first-order valence-electron chi connectivity index (χ1n) is 6.02. The molecule has 0 fully saturated rings. The molecule has 0 saturated heterocycles. The third-order valence-electron chi connectivity index (χ3n) is 3.45. The molecule has 13 heavy (non-hydrogen) atoms. The lowest BCUT2D eigenvalue weighted by Gasteiger charge is -2.22. The van der Waals surface area contributed by atoms with Crippen LogP contribution in [0.25, 0.3) is 0 Å². The molecular formula is C13H28. The van der Waals surface area contributed by atoms with Crippen molar-refractivity contribution in [3.05, 3.63) is 0 Å². The molecule has 0 aromatic rings. The molecule has 1 atom stereocenters. The van der Waals surface area contributed by atoms with Gasteiger partial charge in [-0.25, -0.2) is 0 Å². The van der Waals surface area contributed by atoms with Crippen LogP contribution in [-0.2, 0) is 0 Å². The highest BCUT2D eigenvalue weighted by Crippen LogP contribution is 2.27. The maximum Gasteiger partial charge on any atom is -0.0357 e. The van der Waals surface area contributed by atoms with Gasteiger partial charge in [0.1, 0.15) is 0 Å². The fourth-order valence-electron chi connectivity index (χ4n) is 1.48. The van der Waals surface area contributed by atoms with Crippen LogP contribution in [0.1, 0.15) is 73.1 Å². The van der Waals surface area contributed by atoms with Crippen molar-refractivity contribution >= 4 is 0 Å². The highest BCUT2D eigenvalue weighted by molar-refractivity contribution is 4.66. The summed E-state index contributed by atoms with van der Waals surface area (Å²) in [5, 5.41) is 0. The van der Waals surface area contributed by atoms with Gasteiger partial charge in [-0.1, -0.05) is 66.7 Å². The number of unbranched alkanes of at least 4 members (excludes halogenated alkanes) is 1. The van der Waals surface area contributed by atoms with Crippen molar-refractivity contribution in [1.82, 2.24) is 0 Å². The second kappa shape index (κ2) is 6.45. The molecule has 80 valence electrons. The largest absolute Gasteiger partial charge is 0.0651 e. The average molecular weight is 184 g/mol. The van der Waals surface area contributed by atoms with Crippen LogP contribution in [0, 0.1) is 11.3 Å². The SMILES string of the molecule is CCC(C)CCCCC(C)(C)CC. The number of hydrogen-bond acceptors (Lipinski definition) is 0. The molecular weight excluding hydrogens is 156 g/mol. The minimum atomic E-state index is 0.579. The third-order valence-corrected chi connectivity index (χ3v) is 3.45. The summed E-state index contributed by atoms with van der Waals surface area (Å²) in [5.74, 6) is 0.935. The second-order valence-corrected chi connectivity index (χ2v) is 5.28. The number of rotatable bonds is 7. The summed E-state index contributed by atoms with van der Waals surface area (Å²) in [6.45, 7) is 11.7. The molecule has 0 bridgehead atoms. The van der Waals surface area contributed by atoms with Crippen molar-refractivity contribution < 1.29 is 0 Å². The van der Waals surface area contributed by atoms with Crippen LogP contribution in [0.15, 0.2) is 0 Å². The first-order chi connectivity index (χ1) is 6.02. The van der Waals surface area contributed by atoms with E-state index in [1.54, 1.807) is 0 Å². The van der Waals surface area contributed by atoms with E-state index in [9.17, 15) is 0 Å². The van der Waals surface area contributed by atoms with E-state index in [-0.39, 0.29) is 0 Å². The predicted octanol–water partition coefficient (Wildman–Crippen LogP) is 5.03. The van der Waals surface area contributed by atoms with Gasteiger partial charge in [0.25, 0.3) is 0 Å². The van der Waals surface area contributed by atoms with Crippen molar-refractivity contribution in [3.63, 3.8) is 0 Å². The zero-order chi connectivity index (χ0) is 10.3. The zero-order valence-electron chi connectivity index (χ0n) is 10.3. The molecule has 0 saturated carbocycles. The Bertz CT molecular complexity index is 113. The van der Waals surface area contributed by atoms with Crippen molar-refractivity contribution in [2.45, 2.75) is 73.1 Å². The van der Waals surface area contributed by atoms with Gasteiger partial charge in [0, 0.05) is 0 Å². The Hall–Kier alpha value is 0. The van der Waals surface area contributed by atoms with Crippen LogP contribution in [0.2, 0.25) is 0 Å². The monoisotopic (exact) mass is 184 g/mol. The Morgan fingerprint density at radius 1 is 1.08 bits per heavy atom. The maximum absolute atomic E-state index is 2.39. The van der Waals surface area contributed by atoms with E-state index in [4.69, 9.17) is 0 Å². The van der Waals surface area contributed by atoms with Crippen molar-refractivity contribution in [2.75, 3.05) is 0 Å². The topological polar surface area (TPSA) is 0 Å². The lowest BCUT2D eigenvalue weighted by molar-refractivity contribution is 0.303. The quantitative estimate of drug-likeness (QED) is 0.487. The van der Waals surface area contributed by atoms with Crippen LogP contribution >= 0.6 is 0 Å². The molecule has 0 aromatic carbocycles. The van der Waals surface area contributed by atoms with Crippen LogP contribution in [0.5, 0.6) is 0 Å². The van der Waals surface area contributed by atoms with Gasteiger partial charge < -0.3 is 0 Å². The van der Waals surface area contributed by atoms with E-state index < -0.39 is 0 Å². The predicted molar refractivity (Wildman–Crippen MR) is 62.0 cm³/mol. The molecule has 0 aliphatic rings. The molecule has 0 N–H and O–H groups in total. The van der Waals surface area contributed by atoms with Crippen molar-refractivity contribution in [2.24, 2.45) is 11.3 Å². The van der Waals surface area contributed by atoms with Gasteiger partial charge in [0.2, 0.25) is 0 Å². The molecule has 0 spiro atoms. The van der Waals surface area contributed by atoms with Crippen molar-refractivity contribution in [3.8, 4) is 0 Å². The second-order valence-electron chi connectivity index (χ2n) is 5.28. The Morgan fingerprint density at radius 3 is 2.15 bits per heavy atom. The Kier molecular flexibility index (Phi) is 6.45. The lowest BCUT2D eigenvalue weighted by Crippen LogP contribution is -2.09. The van der Waals surface area contributed by atoms with Gasteiger partial charge in [0.05, 0.1) is 0 Å². The summed E-state index contributed by atoms with van der Waals surface area (Å²) < 4.78 is 0. The molecule has 0 heteroatoms. The van der Waals surface area contributed by atoms with E-state index in [0.717, 1.165) is 5.92 Å². The average Bonchev–Trinajstić information content (AvgIpc) is 2.12. The molecule has 0 radical (unpaired) electrons. The van der Waals surface area contributed by atoms with E-state index in [1.807, 2.05) is 0 Å². The Labute approximate surface area is 85.1 Å².